The molecule has 1 heterocycles. The number of hydrogen-bond donors (Lipinski definition) is 2. The Labute approximate surface area is 195 Å². The zero-order valence-electron chi connectivity index (χ0n) is 18.9. The molecule has 0 aliphatic heterocycles. The van der Waals surface area contributed by atoms with Gasteiger partial charge in [0.1, 0.15) is 5.82 Å². The summed E-state index contributed by atoms with van der Waals surface area (Å²) in [4.78, 5) is 53.3. The standard InChI is InChI=1S/C22H28N4O6S/c1-25(22(31)32-2)21(30)13-4-7-17-16(12-13)24-20(26(17)14-5-6-14)15(10-11-33-3)23-18(27)8-9-19(28)29/h4,7,12,14-15H,5-6,8-11H2,1-3H3,(H,23,27)(H,28,29). The van der Waals surface area contributed by atoms with E-state index in [4.69, 9.17) is 10.1 Å². The normalized spacial score (nSPS) is 14.0. The van der Waals surface area contributed by atoms with Gasteiger partial charge < -0.3 is 19.7 Å². The smallest absolute Gasteiger partial charge is 0.416 e. The van der Waals surface area contributed by atoms with Crippen LogP contribution in [0.5, 0.6) is 0 Å². The van der Waals surface area contributed by atoms with Gasteiger partial charge in [0.25, 0.3) is 5.91 Å². The molecule has 1 saturated carbocycles. The maximum Gasteiger partial charge on any atom is 0.416 e. The van der Waals surface area contributed by atoms with Crippen molar-refractivity contribution in [2.45, 2.75) is 44.2 Å². The molecular weight excluding hydrogens is 448 g/mol. The molecule has 3 amide bonds. The average molecular weight is 477 g/mol. The van der Waals surface area contributed by atoms with E-state index in [0.29, 0.717) is 23.3 Å². The van der Waals surface area contributed by atoms with Crippen LogP contribution in [0.4, 0.5) is 4.79 Å². The van der Waals surface area contributed by atoms with Crippen LogP contribution >= 0.6 is 11.8 Å². The van der Waals surface area contributed by atoms with Crippen molar-refractivity contribution in [1.82, 2.24) is 19.8 Å². The minimum atomic E-state index is -1.02. The van der Waals surface area contributed by atoms with Gasteiger partial charge >= 0.3 is 12.1 Å². The molecule has 0 radical (unpaired) electrons. The van der Waals surface area contributed by atoms with Crippen LogP contribution < -0.4 is 5.32 Å². The van der Waals surface area contributed by atoms with E-state index in [1.165, 1.54) is 14.2 Å². The first-order valence-corrected chi connectivity index (χ1v) is 12.0. The van der Waals surface area contributed by atoms with Gasteiger partial charge in [0.15, 0.2) is 0 Å². The predicted octanol–water partition coefficient (Wildman–Crippen LogP) is 2.98. The number of rotatable bonds is 10. The highest BCUT2D eigenvalue weighted by atomic mass is 32.2. The number of carbonyl (C=O) groups excluding carboxylic acids is 3. The van der Waals surface area contributed by atoms with Gasteiger partial charge in [0.05, 0.1) is 30.6 Å². The first kappa shape index (κ1) is 24.6. The molecule has 178 valence electrons. The number of methoxy groups -OCH3 is 1. The van der Waals surface area contributed by atoms with Gasteiger partial charge in [0, 0.05) is 25.1 Å². The Hall–Kier alpha value is -3.08. The zero-order valence-corrected chi connectivity index (χ0v) is 19.7. The number of fused-ring (bicyclic) bond motifs is 1. The Bertz CT molecular complexity index is 1060. The van der Waals surface area contributed by atoms with Crippen molar-refractivity contribution in [2.75, 3.05) is 26.2 Å². The number of hydrogen-bond acceptors (Lipinski definition) is 7. The fourth-order valence-corrected chi connectivity index (χ4v) is 4.09. The second kappa shape index (κ2) is 10.7. The Morgan fingerprint density at radius 3 is 2.64 bits per heavy atom. The van der Waals surface area contributed by atoms with Crippen LogP contribution in [0.2, 0.25) is 0 Å². The number of imidazole rings is 1. The summed E-state index contributed by atoms with van der Waals surface area (Å²) in [6.07, 6.45) is 3.49. The van der Waals surface area contributed by atoms with Gasteiger partial charge in [-0.25, -0.2) is 14.7 Å². The molecule has 1 aliphatic carbocycles. The third-order valence-corrected chi connectivity index (χ3v) is 6.10. The summed E-state index contributed by atoms with van der Waals surface area (Å²) < 4.78 is 6.72. The monoisotopic (exact) mass is 476 g/mol. The summed E-state index contributed by atoms with van der Waals surface area (Å²) in [6.45, 7) is 0. The van der Waals surface area contributed by atoms with Gasteiger partial charge in [0.2, 0.25) is 5.91 Å². The van der Waals surface area contributed by atoms with E-state index in [1.807, 2.05) is 6.26 Å². The number of ether oxygens (including phenoxy) is 1. The molecule has 1 aromatic heterocycles. The molecular formula is C22H28N4O6S. The molecule has 2 aromatic rings. The van der Waals surface area contributed by atoms with Crippen LogP contribution in [0.15, 0.2) is 18.2 Å². The molecule has 0 spiro atoms. The number of thioether (sulfide) groups is 1. The highest BCUT2D eigenvalue weighted by Crippen LogP contribution is 2.40. The van der Waals surface area contributed by atoms with E-state index in [1.54, 1.807) is 30.0 Å². The fraction of sp³-hybridized carbons (Fsp3) is 0.500. The van der Waals surface area contributed by atoms with Gasteiger partial charge in [-0.2, -0.15) is 11.8 Å². The second-order valence-corrected chi connectivity index (χ2v) is 8.89. The predicted molar refractivity (Wildman–Crippen MR) is 123 cm³/mol. The third-order valence-electron chi connectivity index (χ3n) is 5.45. The SMILES string of the molecule is COC(=O)N(C)C(=O)c1ccc2c(c1)nc(C(CCSC)NC(=O)CCC(=O)O)n2C1CC1. The van der Waals surface area contributed by atoms with Crippen molar-refractivity contribution in [3.63, 3.8) is 0 Å². The van der Waals surface area contributed by atoms with Crippen molar-refractivity contribution in [2.24, 2.45) is 0 Å². The minimum absolute atomic E-state index is 0.104. The number of imide groups is 1. The number of carbonyl (C=O) groups is 4. The molecule has 1 aromatic carbocycles. The summed E-state index contributed by atoms with van der Waals surface area (Å²) in [5.74, 6) is -0.396. The van der Waals surface area contributed by atoms with Gasteiger partial charge in [-0.1, -0.05) is 0 Å². The number of aromatic nitrogens is 2. The minimum Gasteiger partial charge on any atom is -0.481 e. The Balaban J connectivity index is 1.96. The molecule has 0 saturated heterocycles. The van der Waals surface area contributed by atoms with E-state index < -0.39 is 18.0 Å². The van der Waals surface area contributed by atoms with Gasteiger partial charge in [-0.3, -0.25) is 14.4 Å². The van der Waals surface area contributed by atoms with Crippen molar-refractivity contribution in [3.05, 3.63) is 29.6 Å². The summed E-state index contributed by atoms with van der Waals surface area (Å²) in [5, 5.41) is 11.8. The summed E-state index contributed by atoms with van der Waals surface area (Å²) in [7, 11) is 2.55. The van der Waals surface area contributed by atoms with Crippen LogP contribution in [-0.2, 0) is 14.3 Å². The highest BCUT2D eigenvalue weighted by molar-refractivity contribution is 7.98. The van der Waals surface area contributed by atoms with Crippen molar-refractivity contribution in [1.29, 1.82) is 0 Å². The molecule has 1 atom stereocenters. The molecule has 1 aliphatic rings. The van der Waals surface area contributed by atoms with Crippen molar-refractivity contribution >= 4 is 46.7 Å². The highest BCUT2D eigenvalue weighted by Gasteiger charge is 2.32. The molecule has 3 rings (SSSR count). The van der Waals surface area contributed by atoms with Gasteiger partial charge in [-0.05, 0) is 49.5 Å². The molecule has 1 unspecified atom stereocenters. The first-order valence-electron chi connectivity index (χ1n) is 10.6. The van der Waals surface area contributed by atoms with Crippen LogP contribution in [0, 0.1) is 0 Å². The lowest BCUT2D eigenvalue weighted by Gasteiger charge is -2.20. The van der Waals surface area contributed by atoms with E-state index in [2.05, 4.69) is 14.6 Å². The van der Waals surface area contributed by atoms with E-state index in [0.717, 1.165) is 29.0 Å². The summed E-state index contributed by atoms with van der Waals surface area (Å²) in [5.41, 5.74) is 1.74. The molecule has 11 heteroatoms. The van der Waals surface area contributed by atoms with Crippen LogP contribution in [-0.4, -0.2) is 69.6 Å². The first-order chi connectivity index (χ1) is 15.8. The number of amides is 3. The maximum atomic E-state index is 12.7. The number of nitrogens with zero attached hydrogens (tertiary/aromatic N) is 3. The lowest BCUT2D eigenvalue weighted by Crippen LogP contribution is -2.32. The Morgan fingerprint density at radius 1 is 1.30 bits per heavy atom. The quantitative estimate of drug-likeness (QED) is 0.535. The van der Waals surface area contributed by atoms with Crippen molar-refractivity contribution in [3.8, 4) is 0 Å². The number of benzene rings is 1. The third kappa shape index (κ3) is 5.84. The number of aliphatic carboxylic acids is 1. The molecule has 2 N–H and O–H groups in total. The number of carboxylic acid groups (broad SMARTS) is 1. The van der Waals surface area contributed by atoms with E-state index >= 15 is 0 Å². The largest absolute Gasteiger partial charge is 0.481 e. The lowest BCUT2D eigenvalue weighted by molar-refractivity contribution is -0.138. The topological polar surface area (TPSA) is 131 Å². The Morgan fingerprint density at radius 2 is 2.03 bits per heavy atom. The van der Waals surface area contributed by atoms with Crippen molar-refractivity contribution < 1.29 is 29.0 Å². The fourth-order valence-electron chi connectivity index (χ4n) is 3.61. The maximum absolute atomic E-state index is 12.7. The summed E-state index contributed by atoms with van der Waals surface area (Å²) in [6, 6.07) is 4.97. The van der Waals surface area contributed by atoms with E-state index in [-0.39, 0.29) is 30.8 Å². The van der Waals surface area contributed by atoms with E-state index in [9.17, 15) is 19.2 Å². The van der Waals surface area contributed by atoms with Gasteiger partial charge in [-0.15, -0.1) is 0 Å². The number of nitrogens with one attached hydrogen (secondary N) is 1. The molecule has 0 bridgehead atoms. The Kier molecular flexibility index (Phi) is 7.96. The van der Waals surface area contributed by atoms with Crippen LogP contribution in [0.3, 0.4) is 0 Å². The summed E-state index contributed by atoms with van der Waals surface area (Å²) >= 11 is 1.64. The molecule has 1 fully saturated rings. The molecule has 33 heavy (non-hydrogen) atoms. The molecule has 10 nitrogen and oxygen atoms in total. The average Bonchev–Trinajstić information content (AvgIpc) is 3.57. The van der Waals surface area contributed by atoms with Crippen LogP contribution in [0.25, 0.3) is 11.0 Å². The second-order valence-electron chi connectivity index (χ2n) is 7.90. The zero-order chi connectivity index (χ0) is 24.1. The number of carboxylic acids is 1. The lowest BCUT2D eigenvalue weighted by atomic mass is 10.1. The van der Waals surface area contributed by atoms with Crippen LogP contribution in [0.1, 0.15) is 60.4 Å².